The van der Waals surface area contributed by atoms with E-state index in [1.807, 2.05) is 44.2 Å². The molecule has 0 bridgehead atoms. The second kappa shape index (κ2) is 8.85. The van der Waals surface area contributed by atoms with Gasteiger partial charge in [0.05, 0.1) is 36.9 Å². The van der Waals surface area contributed by atoms with Gasteiger partial charge < -0.3 is 14.7 Å². The summed E-state index contributed by atoms with van der Waals surface area (Å²) in [6.07, 6.45) is 5.31. The highest BCUT2D eigenvalue weighted by atomic mass is 16.5. The van der Waals surface area contributed by atoms with Gasteiger partial charge in [0.1, 0.15) is 5.75 Å². The molecule has 2 heterocycles. The van der Waals surface area contributed by atoms with Gasteiger partial charge in [-0.15, -0.1) is 0 Å². The zero-order chi connectivity index (χ0) is 22.0. The average Bonchev–Trinajstić information content (AvgIpc) is 3.54. The molecule has 1 aliphatic rings. The Hall–Kier alpha value is -3.26. The third kappa shape index (κ3) is 4.29. The molecule has 1 aromatic carbocycles. The van der Waals surface area contributed by atoms with Gasteiger partial charge in [0.2, 0.25) is 0 Å². The van der Waals surface area contributed by atoms with Crippen LogP contribution in [0.1, 0.15) is 48.7 Å². The quantitative estimate of drug-likeness (QED) is 0.601. The minimum absolute atomic E-state index is 0.0253. The highest BCUT2D eigenvalue weighted by Crippen LogP contribution is 2.42. The van der Waals surface area contributed by atoms with Gasteiger partial charge in [-0.25, -0.2) is 14.6 Å². The number of rotatable bonds is 8. The lowest BCUT2D eigenvalue weighted by molar-refractivity contribution is 0.0664. The first-order valence-electron chi connectivity index (χ1n) is 10.5. The predicted octanol–water partition coefficient (Wildman–Crippen LogP) is 3.06. The van der Waals surface area contributed by atoms with Crippen LogP contribution in [0.25, 0.3) is 17.2 Å². The van der Waals surface area contributed by atoms with Crippen LogP contribution >= 0.6 is 0 Å². The number of amides is 1. The Morgan fingerprint density at radius 1 is 1.32 bits per heavy atom. The summed E-state index contributed by atoms with van der Waals surface area (Å²) < 4.78 is 7.01. The van der Waals surface area contributed by atoms with Crippen LogP contribution in [-0.4, -0.2) is 62.0 Å². The van der Waals surface area contributed by atoms with Gasteiger partial charge in [-0.1, -0.05) is 12.1 Å². The van der Waals surface area contributed by atoms with Gasteiger partial charge in [0.15, 0.2) is 0 Å². The third-order valence-electron chi connectivity index (χ3n) is 5.42. The van der Waals surface area contributed by atoms with E-state index in [0.29, 0.717) is 11.5 Å². The summed E-state index contributed by atoms with van der Waals surface area (Å²) in [5, 5.41) is 13.9. The number of nitrogens with zero attached hydrogens (tertiary/aromatic N) is 5. The largest absolute Gasteiger partial charge is 0.497 e. The van der Waals surface area contributed by atoms with E-state index in [1.165, 1.54) is 0 Å². The maximum atomic E-state index is 13.2. The lowest BCUT2D eigenvalue weighted by atomic mass is 10.1. The van der Waals surface area contributed by atoms with Crippen LogP contribution in [0.4, 0.5) is 0 Å². The van der Waals surface area contributed by atoms with E-state index >= 15 is 0 Å². The molecule has 1 fully saturated rings. The number of aliphatic hydroxyl groups excluding tert-OH is 1. The second-order valence-corrected chi connectivity index (χ2v) is 7.92. The average molecular weight is 422 g/mol. The van der Waals surface area contributed by atoms with Crippen LogP contribution in [0.2, 0.25) is 0 Å². The first kappa shape index (κ1) is 21.0. The molecule has 162 valence electrons. The summed E-state index contributed by atoms with van der Waals surface area (Å²) in [5.41, 5.74) is 3.06. The Labute approximate surface area is 181 Å². The van der Waals surface area contributed by atoms with E-state index in [9.17, 15) is 9.90 Å². The molecule has 8 nitrogen and oxygen atoms in total. The lowest BCUT2D eigenvalue weighted by Gasteiger charge is -2.26. The number of aromatic nitrogens is 4. The SMILES string of the molecule is COc1cccc(-c2ccnc(-n3ncc(C(=O)N(CCO)C(C)C)c3C3CC3)n2)c1. The first-order valence-corrected chi connectivity index (χ1v) is 10.5. The molecule has 0 aliphatic heterocycles. The van der Waals surface area contributed by atoms with E-state index in [1.54, 1.807) is 29.1 Å². The number of hydrogen-bond donors (Lipinski definition) is 1. The lowest BCUT2D eigenvalue weighted by Crippen LogP contribution is -2.39. The molecule has 4 rings (SSSR count). The van der Waals surface area contributed by atoms with Crippen LogP contribution in [0.15, 0.2) is 42.7 Å². The van der Waals surface area contributed by atoms with Gasteiger partial charge in [-0.3, -0.25) is 4.79 Å². The standard InChI is InChI=1S/C23H27N5O3/c1-15(2)27(11-12-29)22(30)19-14-25-28(21(19)16-7-8-16)23-24-10-9-20(26-23)17-5-4-6-18(13-17)31-3/h4-6,9-10,13-16,29H,7-8,11-12H2,1-3H3. The molecule has 0 unspecified atom stereocenters. The first-order chi connectivity index (χ1) is 15.0. The van der Waals surface area contributed by atoms with Crippen molar-refractivity contribution in [2.24, 2.45) is 0 Å². The Balaban J connectivity index is 1.73. The van der Waals surface area contributed by atoms with Crippen LogP contribution < -0.4 is 4.74 Å². The molecule has 1 saturated carbocycles. The Bertz CT molecular complexity index is 1070. The van der Waals surface area contributed by atoms with Gasteiger partial charge in [-0.2, -0.15) is 5.10 Å². The van der Waals surface area contributed by atoms with Gasteiger partial charge in [0.25, 0.3) is 11.9 Å². The molecule has 1 aliphatic carbocycles. The molecule has 0 atom stereocenters. The maximum absolute atomic E-state index is 13.2. The molecule has 0 saturated heterocycles. The number of carbonyl (C=O) groups excluding carboxylic acids is 1. The molecule has 0 radical (unpaired) electrons. The Morgan fingerprint density at radius 3 is 2.81 bits per heavy atom. The number of aliphatic hydroxyl groups is 1. The number of benzene rings is 1. The maximum Gasteiger partial charge on any atom is 0.257 e. The molecule has 1 N–H and O–H groups in total. The van der Waals surface area contributed by atoms with E-state index in [0.717, 1.165) is 35.5 Å². The van der Waals surface area contributed by atoms with Crippen molar-refractivity contribution in [3.8, 4) is 23.0 Å². The summed E-state index contributed by atoms with van der Waals surface area (Å²) in [4.78, 5) is 24.1. The molecule has 31 heavy (non-hydrogen) atoms. The van der Waals surface area contributed by atoms with Crippen molar-refractivity contribution in [3.05, 3.63) is 54.0 Å². The van der Waals surface area contributed by atoms with Crippen LogP contribution in [0.5, 0.6) is 5.75 Å². The fraction of sp³-hybridized carbons (Fsp3) is 0.391. The number of ether oxygens (including phenoxy) is 1. The van der Waals surface area contributed by atoms with Crippen molar-refractivity contribution in [3.63, 3.8) is 0 Å². The molecule has 0 spiro atoms. The highest BCUT2D eigenvalue weighted by Gasteiger charge is 2.35. The van der Waals surface area contributed by atoms with Crippen molar-refractivity contribution >= 4 is 5.91 Å². The summed E-state index contributed by atoms with van der Waals surface area (Å²) in [7, 11) is 1.63. The zero-order valence-electron chi connectivity index (χ0n) is 18.0. The molecule has 8 heteroatoms. The topological polar surface area (TPSA) is 93.4 Å². The predicted molar refractivity (Wildman–Crippen MR) is 116 cm³/mol. The fourth-order valence-corrected chi connectivity index (χ4v) is 3.68. The molecule has 3 aromatic rings. The summed E-state index contributed by atoms with van der Waals surface area (Å²) in [5.74, 6) is 1.32. The van der Waals surface area contributed by atoms with E-state index in [-0.39, 0.29) is 31.0 Å². The zero-order valence-corrected chi connectivity index (χ0v) is 18.0. The van der Waals surface area contributed by atoms with Crippen molar-refractivity contribution in [2.45, 2.75) is 38.6 Å². The van der Waals surface area contributed by atoms with E-state index < -0.39 is 0 Å². The molecular formula is C23H27N5O3. The third-order valence-corrected chi connectivity index (χ3v) is 5.42. The number of methoxy groups -OCH3 is 1. The van der Waals surface area contributed by atoms with Gasteiger partial charge in [-0.05, 0) is 44.9 Å². The van der Waals surface area contributed by atoms with Crippen molar-refractivity contribution in [1.82, 2.24) is 24.6 Å². The van der Waals surface area contributed by atoms with E-state index in [2.05, 4.69) is 10.1 Å². The molecule has 2 aromatic heterocycles. The Kier molecular flexibility index (Phi) is 5.99. The normalized spacial score (nSPS) is 13.5. The number of carbonyl (C=O) groups is 1. The molecular weight excluding hydrogens is 394 g/mol. The fourth-order valence-electron chi connectivity index (χ4n) is 3.68. The highest BCUT2D eigenvalue weighted by molar-refractivity contribution is 5.95. The van der Waals surface area contributed by atoms with E-state index in [4.69, 9.17) is 9.72 Å². The summed E-state index contributed by atoms with van der Waals surface area (Å²) in [6.45, 7) is 4.08. The minimum atomic E-state index is -0.124. The van der Waals surface area contributed by atoms with Crippen LogP contribution in [0.3, 0.4) is 0 Å². The second-order valence-electron chi connectivity index (χ2n) is 7.92. The van der Waals surface area contributed by atoms with Crippen molar-refractivity contribution in [2.75, 3.05) is 20.3 Å². The van der Waals surface area contributed by atoms with Crippen molar-refractivity contribution < 1.29 is 14.6 Å². The summed E-state index contributed by atoms with van der Waals surface area (Å²) >= 11 is 0. The monoisotopic (exact) mass is 421 g/mol. The minimum Gasteiger partial charge on any atom is -0.497 e. The summed E-state index contributed by atoms with van der Waals surface area (Å²) in [6, 6.07) is 9.49. The van der Waals surface area contributed by atoms with Crippen molar-refractivity contribution in [1.29, 1.82) is 0 Å². The van der Waals surface area contributed by atoms with Crippen LogP contribution in [-0.2, 0) is 0 Å². The smallest absolute Gasteiger partial charge is 0.257 e. The Morgan fingerprint density at radius 2 is 2.13 bits per heavy atom. The van der Waals surface area contributed by atoms with Crippen LogP contribution in [0, 0.1) is 0 Å². The van der Waals surface area contributed by atoms with Gasteiger partial charge in [0, 0.05) is 30.3 Å². The molecule has 1 amide bonds. The van der Waals surface area contributed by atoms with Gasteiger partial charge >= 0.3 is 0 Å². The number of hydrogen-bond acceptors (Lipinski definition) is 6.